The van der Waals surface area contributed by atoms with Crippen LogP contribution in [-0.2, 0) is 4.74 Å². The Balaban J connectivity index is 2.79. The maximum Gasteiger partial charge on any atom is 0.340 e. The average molecular weight is 239 g/mol. The molecular weight excluding hydrogens is 222 g/mol. The highest BCUT2D eigenvalue weighted by Crippen LogP contribution is 2.25. The normalized spacial score (nSPS) is 10.0. The molecule has 0 bridgehead atoms. The number of para-hydroxylation sites is 1. The summed E-state index contributed by atoms with van der Waals surface area (Å²) in [4.78, 5) is 11.5. The monoisotopic (exact) mass is 239 g/mol. The van der Waals surface area contributed by atoms with Gasteiger partial charge in [0.15, 0.2) is 0 Å². The van der Waals surface area contributed by atoms with Crippen LogP contribution in [0.4, 0.5) is 5.69 Å². The Labute approximate surface area is 100 Å². The zero-order valence-corrected chi connectivity index (χ0v) is 9.81. The van der Waals surface area contributed by atoms with E-state index in [-0.39, 0.29) is 12.3 Å². The summed E-state index contributed by atoms with van der Waals surface area (Å²) in [5, 5.41) is 8.64. The zero-order valence-electron chi connectivity index (χ0n) is 9.81. The van der Waals surface area contributed by atoms with Gasteiger partial charge in [-0.05, 0) is 19.1 Å². The standard InChI is InChI=1S/C12H17NO4/c1-2-16-12(15)9-5-3-6-10(11(9)13)17-8-4-7-14/h3,5-6,14H,2,4,7-8,13H2,1H3. The zero-order chi connectivity index (χ0) is 12.7. The van der Waals surface area contributed by atoms with Crippen LogP contribution in [0.2, 0.25) is 0 Å². The molecule has 17 heavy (non-hydrogen) atoms. The van der Waals surface area contributed by atoms with Crippen LogP contribution in [-0.4, -0.2) is 30.9 Å². The van der Waals surface area contributed by atoms with Crippen molar-refractivity contribution in [1.29, 1.82) is 0 Å². The van der Waals surface area contributed by atoms with Crippen LogP contribution < -0.4 is 10.5 Å². The summed E-state index contributed by atoms with van der Waals surface area (Å²) in [6, 6.07) is 4.94. The molecule has 0 fully saturated rings. The van der Waals surface area contributed by atoms with Gasteiger partial charge in [0, 0.05) is 13.0 Å². The third-order valence-corrected chi connectivity index (χ3v) is 2.12. The number of aliphatic hydroxyl groups excluding tert-OH is 1. The molecule has 0 radical (unpaired) electrons. The molecule has 5 nitrogen and oxygen atoms in total. The van der Waals surface area contributed by atoms with Gasteiger partial charge in [0.1, 0.15) is 5.75 Å². The van der Waals surface area contributed by atoms with Crippen LogP contribution in [0.25, 0.3) is 0 Å². The fourth-order valence-electron chi connectivity index (χ4n) is 1.30. The summed E-state index contributed by atoms with van der Waals surface area (Å²) < 4.78 is 10.2. The Morgan fingerprint density at radius 1 is 1.47 bits per heavy atom. The quantitative estimate of drug-likeness (QED) is 0.443. The third-order valence-electron chi connectivity index (χ3n) is 2.12. The maximum atomic E-state index is 11.5. The van der Waals surface area contributed by atoms with E-state index in [0.29, 0.717) is 30.9 Å². The van der Waals surface area contributed by atoms with Gasteiger partial charge in [0.2, 0.25) is 0 Å². The summed E-state index contributed by atoms with van der Waals surface area (Å²) in [7, 11) is 0. The predicted octanol–water partition coefficient (Wildman–Crippen LogP) is 1.21. The first-order valence-electron chi connectivity index (χ1n) is 5.50. The lowest BCUT2D eigenvalue weighted by Crippen LogP contribution is -2.10. The number of anilines is 1. The number of rotatable bonds is 6. The van der Waals surface area contributed by atoms with Gasteiger partial charge in [-0.15, -0.1) is 0 Å². The molecule has 1 aromatic carbocycles. The summed E-state index contributed by atoms with van der Waals surface area (Å²) >= 11 is 0. The molecule has 0 heterocycles. The molecule has 0 unspecified atom stereocenters. The number of esters is 1. The minimum atomic E-state index is -0.461. The van der Waals surface area contributed by atoms with Crippen LogP contribution >= 0.6 is 0 Å². The van der Waals surface area contributed by atoms with E-state index in [1.807, 2.05) is 0 Å². The lowest BCUT2D eigenvalue weighted by Gasteiger charge is -2.11. The first-order valence-corrected chi connectivity index (χ1v) is 5.50. The Morgan fingerprint density at radius 2 is 2.24 bits per heavy atom. The van der Waals surface area contributed by atoms with Crippen molar-refractivity contribution in [1.82, 2.24) is 0 Å². The molecule has 5 heteroatoms. The molecule has 0 aliphatic heterocycles. The highest BCUT2D eigenvalue weighted by Gasteiger charge is 2.13. The lowest BCUT2D eigenvalue weighted by atomic mass is 10.1. The molecule has 0 spiro atoms. The summed E-state index contributed by atoms with van der Waals surface area (Å²) in [6.45, 7) is 2.44. The number of aliphatic hydroxyl groups is 1. The van der Waals surface area contributed by atoms with E-state index in [1.165, 1.54) is 0 Å². The van der Waals surface area contributed by atoms with Gasteiger partial charge in [-0.2, -0.15) is 0 Å². The number of benzene rings is 1. The Hall–Kier alpha value is -1.75. The van der Waals surface area contributed by atoms with Crippen molar-refractivity contribution in [3.05, 3.63) is 23.8 Å². The van der Waals surface area contributed by atoms with Crippen LogP contribution in [0.15, 0.2) is 18.2 Å². The average Bonchev–Trinajstić information content (AvgIpc) is 2.32. The number of ether oxygens (including phenoxy) is 2. The lowest BCUT2D eigenvalue weighted by molar-refractivity contribution is 0.0527. The molecule has 94 valence electrons. The van der Waals surface area contributed by atoms with Crippen molar-refractivity contribution in [3.63, 3.8) is 0 Å². The first kappa shape index (κ1) is 13.3. The molecule has 0 aliphatic rings. The summed E-state index contributed by atoms with van der Waals surface area (Å²) in [6.07, 6.45) is 0.517. The molecule has 0 atom stereocenters. The number of hydrogen-bond acceptors (Lipinski definition) is 5. The van der Waals surface area contributed by atoms with Gasteiger partial charge >= 0.3 is 5.97 Å². The van der Waals surface area contributed by atoms with Gasteiger partial charge in [-0.25, -0.2) is 4.79 Å². The maximum absolute atomic E-state index is 11.5. The second-order valence-corrected chi connectivity index (χ2v) is 3.36. The van der Waals surface area contributed by atoms with E-state index in [2.05, 4.69) is 0 Å². The van der Waals surface area contributed by atoms with Crippen LogP contribution in [0.5, 0.6) is 5.75 Å². The predicted molar refractivity (Wildman–Crippen MR) is 64.0 cm³/mol. The van der Waals surface area contributed by atoms with E-state index in [1.54, 1.807) is 25.1 Å². The Bertz CT molecular complexity index is 379. The molecule has 0 aliphatic carbocycles. The van der Waals surface area contributed by atoms with Gasteiger partial charge in [-0.1, -0.05) is 6.07 Å². The van der Waals surface area contributed by atoms with Gasteiger partial charge in [0.05, 0.1) is 24.5 Å². The van der Waals surface area contributed by atoms with E-state index in [4.69, 9.17) is 20.3 Å². The second-order valence-electron chi connectivity index (χ2n) is 3.36. The van der Waals surface area contributed by atoms with Crippen molar-refractivity contribution >= 4 is 11.7 Å². The van der Waals surface area contributed by atoms with E-state index < -0.39 is 5.97 Å². The Morgan fingerprint density at radius 3 is 2.88 bits per heavy atom. The topological polar surface area (TPSA) is 81.8 Å². The third kappa shape index (κ3) is 3.64. The molecule has 0 saturated heterocycles. The van der Waals surface area contributed by atoms with Crippen LogP contribution in [0.3, 0.4) is 0 Å². The summed E-state index contributed by atoms with van der Waals surface area (Å²) in [5.74, 6) is -0.0263. The van der Waals surface area contributed by atoms with Crippen molar-refractivity contribution in [2.75, 3.05) is 25.6 Å². The SMILES string of the molecule is CCOC(=O)c1cccc(OCCCO)c1N. The van der Waals surface area contributed by atoms with Gasteiger partial charge in [0.25, 0.3) is 0 Å². The van der Waals surface area contributed by atoms with Gasteiger partial charge in [-0.3, -0.25) is 0 Å². The smallest absolute Gasteiger partial charge is 0.340 e. The van der Waals surface area contributed by atoms with Crippen LogP contribution in [0.1, 0.15) is 23.7 Å². The molecule has 0 saturated carbocycles. The molecule has 0 amide bonds. The van der Waals surface area contributed by atoms with Gasteiger partial charge < -0.3 is 20.3 Å². The number of carbonyl (C=O) groups is 1. The number of nitrogens with two attached hydrogens (primary N) is 1. The second kappa shape index (κ2) is 6.75. The minimum absolute atomic E-state index is 0.0530. The Kier molecular flexibility index (Phi) is 5.29. The van der Waals surface area contributed by atoms with Crippen molar-refractivity contribution < 1.29 is 19.4 Å². The highest BCUT2D eigenvalue weighted by atomic mass is 16.5. The number of nitrogen functional groups attached to an aromatic ring is 1. The van der Waals surface area contributed by atoms with E-state index in [0.717, 1.165) is 0 Å². The van der Waals surface area contributed by atoms with Crippen molar-refractivity contribution in [2.45, 2.75) is 13.3 Å². The summed E-state index contributed by atoms with van der Waals surface area (Å²) in [5.41, 5.74) is 6.38. The minimum Gasteiger partial charge on any atom is -0.491 e. The highest BCUT2D eigenvalue weighted by molar-refractivity contribution is 5.96. The molecular formula is C12H17NO4. The fraction of sp³-hybridized carbons (Fsp3) is 0.417. The largest absolute Gasteiger partial charge is 0.491 e. The molecule has 0 aromatic heterocycles. The molecule has 3 N–H and O–H groups in total. The fourth-order valence-corrected chi connectivity index (χ4v) is 1.30. The molecule has 1 aromatic rings. The molecule has 1 rings (SSSR count). The van der Waals surface area contributed by atoms with Crippen LogP contribution in [0, 0.1) is 0 Å². The van der Waals surface area contributed by atoms with Crippen molar-refractivity contribution in [2.24, 2.45) is 0 Å². The first-order chi connectivity index (χ1) is 8.20. The van der Waals surface area contributed by atoms with E-state index in [9.17, 15) is 4.79 Å². The number of carbonyl (C=O) groups excluding carboxylic acids is 1. The number of hydrogen-bond donors (Lipinski definition) is 2. The van der Waals surface area contributed by atoms with E-state index >= 15 is 0 Å². The van der Waals surface area contributed by atoms with Crippen molar-refractivity contribution in [3.8, 4) is 5.75 Å².